The molecule has 10 N–H and O–H groups in total. The maximum atomic E-state index is 13.4. The average Bonchev–Trinajstić information content (AvgIpc) is 0.846. The second kappa shape index (κ2) is 58.6. The van der Waals surface area contributed by atoms with Crippen LogP contribution >= 0.6 is 125 Å². The summed E-state index contributed by atoms with van der Waals surface area (Å²) in [7, 11) is 0. The van der Waals surface area contributed by atoms with Crippen molar-refractivity contribution in [1.29, 1.82) is 0 Å². The van der Waals surface area contributed by atoms with E-state index in [-0.39, 0.29) is 44.6 Å². The summed E-state index contributed by atoms with van der Waals surface area (Å²) in [6.45, 7) is 15.0. The van der Waals surface area contributed by atoms with Crippen molar-refractivity contribution in [2.24, 2.45) is 35.1 Å². The molecule has 708 valence electrons. The molecule has 0 unspecified atom stereocenters. The molecule has 0 fully saturated rings. The third kappa shape index (κ3) is 43.7. The Labute approximate surface area is 821 Å². The molecule has 38 heteroatoms. The van der Waals surface area contributed by atoms with E-state index in [1.165, 1.54) is 3.58 Å². The van der Waals surface area contributed by atoms with Gasteiger partial charge in [0.1, 0.15) is 17.4 Å². The standard InChI is InChI=1S/C23H27Cl2FN2O4.C20H21Cl2FN2O3.C18H19Cl2FN2O2.C12H12Cl2FO2.C11H15BrN2O2.C6H3BrN2.3CH3.Sn/c1-23(2,3)32-22(31)28-13-18-9-8-16(12-27-18)14-4-6-15(7-5-14)20(30)17(11-26)10-19(29)21(24)25;21-20(22)17(26)9-15(10-23)19(28)13-3-1-12(2-4-13)14-5-6-16(25-11-14)7-8-18(24)27;19-18(20)16(24)7-14(8-21)17(25)12-3-1-11(2-4-12)13-5-6-15(9-22)23-10-13;13-12(14)10(16)6-9(7-15)11(17)8-4-2-1-3-5-8;1-11(2,3)16-10(15)14-7-9-5-4-8(12)6-13-9;1-8-6-3-2-5(7)4-9-6;;;;/h4-9,12,17,20-21,30H,10-11,13H2,1-3H3,(H,28,31);1-6,11,15,19-20,28H,7-10H2,(H2,24,27);1-6,10,14,17-18,25H,7-9,22H2;2-5,9,11-12,17H,6-7H2;4-6H,7H2,1-3H3,(H,14,15);2-4H;3*1H3;/t17-,20-;15-,19-;14-,17-;9-,11-;;;;;;/m1111....../s1. The number of carbonyl (C=O) groups is 7. The number of Topliss-reactive ketones (excluding diaryl/α,β-unsaturated/α-hetero) is 4. The van der Waals surface area contributed by atoms with Gasteiger partial charge in [-0.2, -0.15) is 0 Å². The van der Waals surface area contributed by atoms with Gasteiger partial charge in [0.25, 0.3) is 5.82 Å². The number of ketones is 4. The molecule has 9 aromatic rings. The molecule has 0 aliphatic rings. The van der Waals surface area contributed by atoms with Gasteiger partial charge in [-0.25, -0.2) is 9.59 Å². The molecule has 0 saturated carbocycles. The van der Waals surface area contributed by atoms with E-state index < -0.39 is 159 Å². The zero-order valence-electron chi connectivity index (χ0n) is 73.1. The van der Waals surface area contributed by atoms with Crippen LogP contribution in [0.2, 0.25) is 14.8 Å². The molecule has 0 aliphatic carbocycles. The number of nitrogens with one attached hydrogen (secondary N) is 2. The van der Waals surface area contributed by atoms with Gasteiger partial charge in [-0.3, -0.25) is 52.3 Å². The van der Waals surface area contributed by atoms with Crippen LogP contribution < -0.4 is 25.7 Å². The average molecular weight is 2210 g/mol. The molecule has 0 aliphatic heterocycles. The van der Waals surface area contributed by atoms with E-state index in [1.807, 2.05) is 87.5 Å². The zero-order chi connectivity index (χ0) is 98.0. The topological polar surface area (TPSA) is 364 Å². The first-order chi connectivity index (χ1) is 61.6. The number of carbonyl (C=O) groups excluding carboxylic acids is 7. The number of rotatable bonds is 36. The van der Waals surface area contributed by atoms with Crippen molar-refractivity contribution in [3.8, 4) is 33.4 Å². The molecule has 0 spiro atoms. The van der Waals surface area contributed by atoms with E-state index >= 15 is 0 Å². The van der Waals surface area contributed by atoms with Crippen LogP contribution in [0.1, 0.15) is 143 Å². The second-order valence-corrected chi connectivity index (χ2v) is 53.2. The molecule has 0 bridgehead atoms. The SMILES string of the molecule is CC(C)(C)OC(=O)NCc1ccc(-c2ccc([C@@H](O)[C@@H](CF)CC(=O)C(Cl)Cl)cc2)cn1.CC(C)(C)OC(=O)NCc1ccc(Br)cn1.NC(=O)CCc1ccc(-c2ccc([C@@H](O)[C@@H](CF)CC(=O)C(Cl)Cl)cc2)cn1.NCc1ccc(-c2ccc([C@@H](O)[C@@H](CF)CC(=O)C(Cl)Cl)cc2)cn1.[C-]#[N+]c1ccc(Br)cn1.[CH3][Sn]([CH3])([CH3])[c]1ccc([C@@H](O)[C@@H](CF)CC(=O)C(Cl)Cl)cc1. The van der Waals surface area contributed by atoms with E-state index in [0.29, 0.717) is 53.3 Å². The van der Waals surface area contributed by atoms with Crippen molar-refractivity contribution in [3.05, 3.63) is 254 Å². The number of aromatic nitrogens is 5. The van der Waals surface area contributed by atoms with Crippen molar-refractivity contribution >= 4 is 194 Å². The van der Waals surface area contributed by atoms with Gasteiger partial charge in [-0.1, -0.05) is 173 Å². The fraction of sp³-hybridized carbons (Fsp3) is 0.387. The molecule has 131 heavy (non-hydrogen) atoms. The van der Waals surface area contributed by atoms with Crippen molar-refractivity contribution < 1.29 is 81.0 Å². The molecule has 5 heterocycles. The van der Waals surface area contributed by atoms with Gasteiger partial charge >= 0.3 is 152 Å². The zero-order valence-corrected chi connectivity index (χ0v) is 85.2. The summed E-state index contributed by atoms with van der Waals surface area (Å²) in [6, 6.07) is 46.7. The first-order valence-electron chi connectivity index (χ1n) is 40.6. The van der Waals surface area contributed by atoms with Crippen molar-refractivity contribution in [1.82, 2.24) is 35.6 Å². The minimum absolute atomic E-state index is 0.171. The number of aliphatic hydroxyl groups is 4. The number of primary amides is 1. The molecular weight excluding hydrogens is 2100 g/mol. The number of hydrogen-bond donors (Lipinski definition) is 8. The molecule has 3 amide bonds. The minimum atomic E-state index is -2.14. The normalized spacial score (nSPS) is 13.1. The quantitative estimate of drug-likeness (QED) is 0.00782. The van der Waals surface area contributed by atoms with Crippen LogP contribution in [-0.4, -0.2) is 162 Å². The predicted octanol–water partition coefficient (Wildman–Crippen LogP) is 21.2. The number of alkyl halides is 12. The van der Waals surface area contributed by atoms with Crippen LogP contribution in [0.15, 0.2) is 198 Å². The Balaban J connectivity index is 0.000000339. The third-order valence-corrected chi connectivity index (χ3v) is 27.6. The van der Waals surface area contributed by atoms with Crippen LogP contribution in [0.3, 0.4) is 0 Å². The Morgan fingerprint density at radius 2 is 0.695 bits per heavy atom. The molecule has 8 atom stereocenters. The van der Waals surface area contributed by atoms with Gasteiger partial charge in [0.15, 0.2) is 31.9 Å². The summed E-state index contributed by atoms with van der Waals surface area (Å²) < 4.78 is 66.4. The van der Waals surface area contributed by atoms with Gasteiger partial charge in [0.2, 0.25) is 5.91 Å². The van der Waals surface area contributed by atoms with E-state index in [2.05, 4.69) is 87.1 Å². The molecule has 5 aromatic heterocycles. The van der Waals surface area contributed by atoms with E-state index in [4.69, 9.17) is 120 Å². The van der Waals surface area contributed by atoms with Gasteiger partial charge in [-0.15, -0.1) is 4.98 Å². The summed E-state index contributed by atoms with van der Waals surface area (Å²) in [5.74, 6) is -5.51. The Bertz CT molecular complexity index is 5050. The predicted molar refractivity (Wildman–Crippen MR) is 518 cm³/mol. The summed E-state index contributed by atoms with van der Waals surface area (Å²) in [4.78, 5) is 106. The summed E-state index contributed by atoms with van der Waals surface area (Å²) in [5.41, 5.74) is 19.9. The van der Waals surface area contributed by atoms with Crippen molar-refractivity contribution in [2.75, 3.05) is 26.7 Å². The van der Waals surface area contributed by atoms with Crippen LogP contribution in [0.25, 0.3) is 38.2 Å². The van der Waals surface area contributed by atoms with Crippen molar-refractivity contribution in [2.45, 2.75) is 169 Å². The van der Waals surface area contributed by atoms with Crippen LogP contribution in [0, 0.1) is 30.2 Å². The van der Waals surface area contributed by atoms with E-state index in [9.17, 15) is 71.5 Å². The molecule has 9 rings (SSSR count). The van der Waals surface area contributed by atoms with Crippen molar-refractivity contribution in [3.63, 3.8) is 0 Å². The van der Waals surface area contributed by atoms with Crippen LogP contribution in [-0.2, 0) is 59.5 Å². The number of hydrogen-bond acceptors (Lipinski definition) is 19. The monoisotopic (exact) mass is 2200 g/mol. The van der Waals surface area contributed by atoms with Gasteiger partial charge < -0.3 is 51.7 Å². The molecule has 0 saturated heterocycles. The first kappa shape index (κ1) is 116. The third-order valence-electron chi connectivity index (χ3n) is 18.8. The number of benzene rings is 4. The number of alkyl carbamates (subject to hydrolysis) is 2. The summed E-state index contributed by atoms with van der Waals surface area (Å²) >= 11 is 48.3. The van der Waals surface area contributed by atoms with Gasteiger partial charge in [0, 0.05) is 102 Å². The Morgan fingerprint density at radius 1 is 0.420 bits per heavy atom. The number of pyridine rings is 5. The fourth-order valence-electron chi connectivity index (χ4n) is 11.6. The number of amides is 3. The molecule has 23 nitrogen and oxygen atoms in total. The number of nitrogens with two attached hydrogens (primary N) is 2. The van der Waals surface area contributed by atoms with Crippen LogP contribution in [0.5, 0.6) is 0 Å². The number of nitrogens with zero attached hydrogens (tertiary/aromatic N) is 6. The Hall–Kier alpha value is -7.59. The Kier molecular flexibility index (Phi) is 51.8. The van der Waals surface area contributed by atoms with Gasteiger partial charge in [0.05, 0.1) is 73.0 Å². The number of ether oxygens (including phenoxy) is 2. The molecule has 0 radical (unpaired) electrons. The summed E-state index contributed by atoms with van der Waals surface area (Å²) in [6.07, 6.45) is 2.80. The Morgan fingerprint density at radius 3 is 0.931 bits per heavy atom. The molecular formula is C93H106Br2Cl8F4N10O13Sn. The van der Waals surface area contributed by atoms with Crippen LogP contribution in [0.4, 0.5) is 33.0 Å². The number of halogens is 14. The van der Waals surface area contributed by atoms with E-state index in [0.717, 1.165) is 59.4 Å². The maximum absolute atomic E-state index is 13.4. The number of aliphatic hydroxyl groups excluding tert-OH is 4. The fourth-order valence-corrected chi connectivity index (χ4v) is 16.1. The second-order valence-electron chi connectivity index (χ2n) is 32.5. The number of aryl methyl sites for hydroxylation is 1. The first-order valence-corrected chi connectivity index (χ1v) is 55.7. The van der Waals surface area contributed by atoms with Gasteiger partial charge in [-0.05, 0) is 150 Å². The molecule has 4 aromatic carbocycles. The summed E-state index contributed by atoms with van der Waals surface area (Å²) in [5, 5.41) is 46.7. The van der Waals surface area contributed by atoms with E-state index in [1.54, 1.807) is 143 Å².